The van der Waals surface area contributed by atoms with Crippen molar-refractivity contribution in [2.24, 2.45) is 5.92 Å². The van der Waals surface area contributed by atoms with Crippen LogP contribution in [0.5, 0.6) is 11.5 Å². The van der Waals surface area contributed by atoms with Gasteiger partial charge in [-0.05, 0) is 52.9 Å². The molecule has 1 fully saturated rings. The van der Waals surface area contributed by atoms with E-state index in [1.54, 1.807) is 7.11 Å². The molecule has 2 rings (SSSR count). The summed E-state index contributed by atoms with van der Waals surface area (Å²) in [5.74, 6) is 1.22. The lowest BCUT2D eigenvalue weighted by molar-refractivity contribution is 0.105. The van der Waals surface area contributed by atoms with Crippen molar-refractivity contribution in [3.63, 3.8) is 0 Å². The van der Waals surface area contributed by atoms with E-state index in [1.807, 2.05) is 12.1 Å². The van der Waals surface area contributed by atoms with Crippen LogP contribution < -0.4 is 10.1 Å². The molecular weight excluding hydrogens is 310 g/mol. The highest BCUT2D eigenvalue weighted by molar-refractivity contribution is 9.10. The van der Waals surface area contributed by atoms with Crippen LogP contribution >= 0.6 is 15.9 Å². The van der Waals surface area contributed by atoms with Crippen molar-refractivity contribution in [2.45, 2.75) is 26.0 Å². The second-order valence-corrected chi connectivity index (χ2v) is 5.74. The van der Waals surface area contributed by atoms with Crippen molar-refractivity contribution in [1.82, 2.24) is 5.32 Å². The van der Waals surface area contributed by atoms with Gasteiger partial charge in [0.2, 0.25) is 0 Å². The van der Waals surface area contributed by atoms with E-state index >= 15 is 0 Å². The van der Waals surface area contributed by atoms with E-state index in [1.165, 1.54) is 0 Å². The third-order valence-electron chi connectivity index (χ3n) is 3.58. The summed E-state index contributed by atoms with van der Waals surface area (Å²) in [6, 6.07) is 3.75. The Morgan fingerprint density at radius 1 is 1.53 bits per heavy atom. The van der Waals surface area contributed by atoms with Crippen molar-refractivity contribution in [3.05, 3.63) is 22.2 Å². The molecule has 1 aromatic carbocycles. The van der Waals surface area contributed by atoms with Crippen LogP contribution in [0.25, 0.3) is 0 Å². The van der Waals surface area contributed by atoms with Crippen molar-refractivity contribution in [2.75, 3.05) is 20.3 Å². The van der Waals surface area contributed by atoms with Crippen LogP contribution in [-0.4, -0.2) is 31.5 Å². The zero-order chi connectivity index (χ0) is 13.8. The van der Waals surface area contributed by atoms with E-state index in [0.29, 0.717) is 22.2 Å². The van der Waals surface area contributed by atoms with Crippen LogP contribution in [0.4, 0.5) is 0 Å². The fourth-order valence-corrected chi connectivity index (χ4v) is 2.82. The van der Waals surface area contributed by atoms with Gasteiger partial charge in [0.1, 0.15) is 0 Å². The number of methoxy groups -OCH3 is 1. The zero-order valence-electron chi connectivity index (χ0n) is 11.3. The standard InChI is InChI=1S/C14H20BrNO3/c1-9-11(3-4-19-9)8-16-7-10-5-12(15)14(17)13(6-10)18-2/h5-6,9,11,16-17H,3-4,7-8H2,1-2H3. The third-order valence-corrected chi connectivity index (χ3v) is 4.18. The summed E-state index contributed by atoms with van der Waals surface area (Å²) >= 11 is 3.33. The summed E-state index contributed by atoms with van der Waals surface area (Å²) in [5.41, 5.74) is 1.08. The number of benzene rings is 1. The van der Waals surface area contributed by atoms with Crippen LogP contribution in [-0.2, 0) is 11.3 Å². The molecule has 0 saturated carbocycles. The number of aromatic hydroxyl groups is 1. The first kappa shape index (κ1) is 14.6. The van der Waals surface area contributed by atoms with Crippen molar-refractivity contribution < 1.29 is 14.6 Å². The Hall–Kier alpha value is -0.780. The molecule has 5 heteroatoms. The maximum atomic E-state index is 9.75. The Labute approximate surface area is 122 Å². The molecule has 2 N–H and O–H groups in total. The monoisotopic (exact) mass is 329 g/mol. The lowest BCUT2D eigenvalue weighted by Gasteiger charge is -2.15. The van der Waals surface area contributed by atoms with E-state index in [-0.39, 0.29) is 5.75 Å². The number of phenols is 1. The number of hydrogen-bond acceptors (Lipinski definition) is 4. The number of hydrogen-bond donors (Lipinski definition) is 2. The fourth-order valence-electron chi connectivity index (χ4n) is 2.33. The first-order chi connectivity index (χ1) is 9.11. The lowest BCUT2D eigenvalue weighted by atomic mass is 10.0. The van der Waals surface area contributed by atoms with Crippen LogP contribution in [0.15, 0.2) is 16.6 Å². The maximum Gasteiger partial charge on any atom is 0.172 e. The minimum Gasteiger partial charge on any atom is -0.503 e. The van der Waals surface area contributed by atoms with E-state index in [2.05, 4.69) is 28.2 Å². The molecule has 4 nitrogen and oxygen atoms in total. The smallest absolute Gasteiger partial charge is 0.172 e. The van der Waals surface area contributed by atoms with Gasteiger partial charge >= 0.3 is 0 Å². The Bertz CT molecular complexity index is 439. The lowest BCUT2D eigenvalue weighted by Crippen LogP contribution is -2.26. The highest BCUT2D eigenvalue weighted by atomic mass is 79.9. The largest absolute Gasteiger partial charge is 0.503 e. The molecule has 0 aromatic heterocycles. The molecule has 1 heterocycles. The Morgan fingerprint density at radius 3 is 2.95 bits per heavy atom. The van der Waals surface area contributed by atoms with Gasteiger partial charge in [-0.25, -0.2) is 0 Å². The van der Waals surface area contributed by atoms with Crippen LogP contribution in [0, 0.1) is 5.92 Å². The van der Waals surface area contributed by atoms with Gasteiger partial charge in [0.25, 0.3) is 0 Å². The minimum absolute atomic E-state index is 0.143. The molecule has 1 aliphatic rings. The second-order valence-electron chi connectivity index (χ2n) is 4.88. The van der Waals surface area contributed by atoms with Gasteiger partial charge in [-0.2, -0.15) is 0 Å². The van der Waals surface area contributed by atoms with Crippen molar-refractivity contribution in [3.8, 4) is 11.5 Å². The van der Waals surface area contributed by atoms with Gasteiger partial charge in [0.05, 0.1) is 17.7 Å². The van der Waals surface area contributed by atoms with Crippen molar-refractivity contribution >= 4 is 15.9 Å². The topological polar surface area (TPSA) is 50.7 Å². The van der Waals surface area contributed by atoms with E-state index < -0.39 is 0 Å². The molecule has 0 bridgehead atoms. The number of halogens is 1. The molecule has 2 unspecified atom stereocenters. The molecule has 0 spiro atoms. The summed E-state index contributed by atoms with van der Waals surface area (Å²) in [4.78, 5) is 0. The number of nitrogens with one attached hydrogen (secondary N) is 1. The summed E-state index contributed by atoms with van der Waals surface area (Å²) in [6.45, 7) is 4.69. The molecule has 0 aliphatic carbocycles. The molecule has 106 valence electrons. The number of ether oxygens (including phenoxy) is 2. The highest BCUT2D eigenvalue weighted by Gasteiger charge is 2.23. The number of phenolic OH excluding ortho intramolecular Hbond substituents is 1. The average molecular weight is 330 g/mol. The van der Waals surface area contributed by atoms with Crippen molar-refractivity contribution in [1.29, 1.82) is 0 Å². The summed E-state index contributed by atoms with van der Waals surface area (Å²) in [5, 5.41) is 13.2. The first-order valence-corrected chi connectivity index (χ1v) is 7.28. The van der Waals surface area contributed by atoms with Gasteiger partial charge in [0.15, 0.2) is 11.5 Å². The summed E-state index contributed by atoms with van der Waals surface area (Å²) < 4.78 is 11.3. The molecular formula is C14H20BrNO3. The second kappa shape index (κ2) is 6.59. The SMILES string of the molecule is COc1cc(CNCC2CCOC2C)cc(Br)c1O. The maximum absolute atomic E-state index is 9.75. The molecule has 0 radical (unpaired) electrons. The van der Waals surface area contributed by atoms with E-state index in [9.17, 15) is 5.11 Å². The Kier molecular flexibility index (Phi) is 5.07. The summed E-state index contributed by atoms with van der Waals surface area (Å²) in [7, 11) is 1.55. The van der Waals surface area contributed by atoms with Gasteiger partial charge in [-0.15, -0.1) is 0 Å². The molecule has 1 saturated heterocycles. The normalized spacial score (nSPS) is 22.7. The predicted molar refractivity (Wildman–Crippen MR) is 77.6 cm³/mol. The molecule has 0 amide bonds. The number of rotatable bonds is 5. The average Bonchev–Trinajstić information content (AvgIpc) is 2.79. The van der Waals surface area contributed by atoms with Gasteiger partial charge in [-0.1, -0.05) is 0 Å². The summed E-state index contributed by atoms with van der Waals surface area (Å²) in [6.07, 6.45) is 1.46. The van der Waals surface area contributed by atoms with Crippen LogP contribution in [0.2, 0.25) is 0 Å². The molecule has 1 aliphatic heterocycles. The third kappa shape index (κ3) is 3.61. The Morgan fingerprint density at radius 2 is 2.32 bits per heavy atom. The van der Waals surface area contributed by atoms with Crippen LogP contribution in [0.3, 0.4) is 0 Å². The highest BCUT2D eigenvalue weighted by Crippen LogP contribution is 2.35. The quantitative estimate of drug-likeness (QED) is 0.872. The molecule has 1 aromatic rings. The first-order valence-electron chi connectivity index (χ1n) is 6.49. The van der Waals surface area contributed by atoms with Crippen LogP contribution in [0.1, 0.15) is 18.9 Å². The molecule has 2 atom stereocenters. The van der Waals surface area contributed by atoms with Gasteiger partial charge in [0, 0.05) is 19.7 Å². The predicted octanol–water partition coefficient (Wildman–Crippen LogP) is 2.68. The van der Waals surface area contributed by atoms with Gasteiger partial charge in [-0.3, -0.25) is 0 Å². The Balaban J connectivity index is 1.90. The zero-order valence-corrected chi connectivity index (χ0v) is 12.9. The minimum atomic E-state index is 0.143. The van der Waals surface area contributed by atoms with Gasteiger partial charge < -0.3 is 19.9 Å². The fraction of sp³-hybridized carbons (Fsp3) is 0.571. The van der Waals surface area contributed by atoms with E-state index in [4.69, 9.17) is 9.47 Å². The molecule has 19 heavy (non-hydrogen) atoms. The van der Waals surface area contributed by atoms with E-state index in [0.717, 1.165) is 31.7 Å².